The lowest BCUT2D eigenvalue weighted by Gasteiger charge is -2.33. The molecule has 0 spiro atoms. The first-order chi connectivity index (χ1) is 12.9. The molecule has 144 valence electrons. The van der Waals surface area contributed by atoms with Gasteiger partial charge in [0, 0.05) is 36.1 Å². The first-order valence-electron chi connectivity index (χ1n) is 9.42. The van der Waals surface area contributed by atoms with Gasteiger partial charge in [-0.1, -0.05) is 30.0 Å². The highest BCUT2D eigenvalue weighted by Gasteiger charge is 2.20. The van der Waals surface area contributed by atoms with E-state index in [4.69, 9.17) is 0 Å². The lowest BCUT2D eigenvalue weighted by atomic mass is 10.0. The molecular formula is C22H27FN2OS. The summed E-state index contributed by atoms with van der Waals surface area (Å²) in [5, 5.41) is 13.3. The molecule has 0 aliphatic carbocycles. The average molecular weight is 387 g/mol. The number of rotatable bonds is 5. The molecule has 0 saturated carbocycles. The van der Waals surface area contributed by atoms with E-state index < -0.39 is 5.60 Å². The lowest BCUT2D eigenvalue weighted by molar-refractivity contribution is 0.143. The summed E-state index contributed by atoms with van der Waals surface area (Å²) in [4.78, 5) is 4.54. The van der Waals surface area contributed by atoms with Crippen LogP contribution >= 0.6 is 11.3 Å². The topological polar surface area (TPSA) is 35.5 Å². The van der Waals surface area contributed by atoms with Crippen LogP contribution in [-0.4, -0.2) is 34.7 Å². The zero-order valence-electron chi connectivity index (χ0n) is 16.0. The first kappa shape index (κ1) is 20.0. The molecule has 5 heteroatoms. The minimum atomic E-state index is -0.966. The van der Waals surface area contributed by atoms with E-state index in [1.807, 2.05) is 18.2 Å². The summed E-state index contributed by atoms with van der Waals surface area (Å²) in [7, 11) is 0. The van der Waals surface area contributed by atoms with Crippen molar-refractivity contribution < 1.29 is 9.50 Å². The molecule has 27 heavy (non-hydrogen) atoms. The molecule has 1 unspecified atom stereocenters. The number of hydrogen-bond acceptors (Lipinski definition) is 4. The van der Waals surface area contributed by atoms with E-state index in [1.165, 1.54) is 10.9 Å². The maximum atomic E-state index is 13.9. The van der Waals surface area contributed by atoms with E-state index in [1.54, 1.807) is 31.3 Å². The Morgan fingerprint density at radius 1 is 1.30 bits per heavy atom. The van der Waals surface area contributed by atoms with Gasteiger partial charge in [-0.2, -0.15) is 0 Å². The van der Waals surface area contributed by atoms with Gasteiger partial charge < -0.3 is 10.4 Å². The van der Waals surface area contributed by atoms with Crippen LogP contribution in [-0.2, 0) is 13.1 Å². The predicted octanol–water partition coefficient (Wildman–Crippen LogP) is 3.76. The second-order valence-corrected chi connectivity index (χ2v) is 8.79. The van der Waals surface area contributed by atoms with Crippen LogP contribution in [0, 0.1) is 17.7 Å². The number of likely N-dealkylation sites (tertiary alicyclic amines) is 1. The third-order valence-electron chi connectivity index (χ3n) is 4.58. The van der Waals surface area contributed by atoms with Gasteiger partial charge in [0.15, 0.2) is 0 Å². The number of halogens is 1. The van der Waals surface area contributed by atoms with Crippen LogP contribution in [0.5, 0.6) is 0 Å². The molecule has 0 amide bonds. The summed E-state index contributed by atoms with van der Waals surface area (Å²) in [6.07, 6.45) is 2.27. The molecule has 3 nitrogen and oxygen atoms in total. The molecule has 3 rings (SSSR count). The van der Waals surface area contributed by atoms with E-state index in [0.717, 1.165) is 42.9 Å². The second-order valence-electron chi connectivity index (χ2n) is 7.62. The van der Waals surface area contributed by atoms with Crippen molar-refractivity contribution in [3.8, 4) is 11.8 Å². The highest BCUT2D eigenvalue weighted by molar-refractivity contribution is 7.12. The third-order valence-corrected chi connectivity index (χ3v) is 5.58. The minimum Gasteiger partial charge on any atom is -0.378 e. The normalized spacial score (nSPS) is 18.1. The summed E-state index contributed by atoms with van der Waals surface area (Å²) < 4.78 is 13.9. The SMILES string of the molecule is CC(C)(O)C#Cc1ccc(CNC2CCCN(Cc3ccccc3F)C2)s1. The quantitative estimate of drug-likeness (QED) is 0.768. The molecule has 2 heterocycles. The number of nitrogens with zero attached hydrogens (tertiary/aromatic N) is 1. The number of benzene rings is 1. The number of thiophene rings is 1. The van der Waals surface area contributed by atoms with Gasteiger partial charge in [0.05, 0.1) is 4.88 Å². The number of aliphatic hydroxyl groups is 1. The molecule has 1 aromatic heterocycles. The fourth-order valence-corrected chi connectivity index (χ4v) is 4.05. The minimum absolute atomic E-state index is 0.120. The van der Waals surface area contributed by atoms with E-state index in [-0.39, 0.29) is 5.82 Å². The monoisotopic (exact) mass is 386 g/mol. The maximum absolute atomic E-state index is 13.9. The Bertz CT molecular complexity index is 815. The molecule has 2 N–H and O–H groups in total. The van der Waals surface area contributed by atoms with Crippen LogP contribution in [0.4, 0.5) is 4.39 Å². The molecule has 1 fully saturated rings. The molecule has 2 aromatic rings. The molecular weight excluding hydrogens is 359 g/mol. The Morgan fingerprint density at radius 3 is 2.89 bits per heavy atom. The van der Waals surface area contributed by atoms with E-state index in [2.05, 4.69) is 28.1 Å². The van der Waals surface area contributed by atoms with E-state index >= 15 is 0 Å². The summed E-state index contributed by atoms with van der Waals surface area (Å²) in [5.41, 5.74) is -0.196. The van der Waals surface area contributed by atoms with Crippen LogP contribution in [0.2, 0.25) is 0 Å². The van der Waals surface area contributed by atoms with E-state index in [0.29, 0.717) is 12.6 Å². The van der Waals surface area contributed by atoms with Crippen LogP contribution in [0.3, 0.4) is 0 Å². The number of nitrogens with one attached hydrogen (secondary N) is 1. The lowest BCUT2D eigenvalue weighted by Crippen LogP contribution is -2.45. The summed E-state index contributed by atoms with van der Waals surface area (Å²) in [6.45, 7) is 6.80. The Hall–Kier alpha value is -1.71. The Kier molecular flexibility index (Phi) is 6.67. The van der Waals surface area contributed by atoms with Gasteiger partial charge >= 0.3 is 0 Å². The Morgan fingerprint density at radius 2 is 2.11 bits per heavy atom. The van der Waals surface area contributed by atoms with E-state index in [9.17, 15) is 9.50 Å². The first-order valence-corrected chi connectivity index (χ1v) is 10.2. The van der Waals surface area contributed by atoms with Gasteiger partial charge in [-0.15, -0.1) is 11.3 Å². The smallest absolute Gasteiger partial charge is 0.127 e. The van der Waals surface area contributed by atoms with Gasteiger partial charge in [0.2, 0.25) is 0 Å². The number of piperidine rings is 1. The third kappa shape index (κ3) is 6.44. The van der Waals surface area contributed by atoms with Gasteiger partial charge in [0.1, 0.15) is 11.4 Å². The average Bonchev–Trinajstić information content (AvgIpc) is 3.08. The van der Waals surface area contributed by atoms with Crippen LogP contribution < -0.4 is 5.32 Å². The summed E-state index contributed by atoms with van der Waals surface area (Å²) in [5.74, 6) is 5.76. The van der Waals surface area contributed by atoms with Crippen molar-refractivity contribution in [1.82, 2.24) is 10.2 Å². The standard InChI is InChI=1S/C22H27FN2OS/c1-22(2,26)12-11-19-9-10-20(27-19)14-24-18-7-5-13-25(16-18)15-17-6-3-4-8-21(17)23/h3-4,6,8-10,18,24,26H,5,7,13-16H2,1-2H3. The molecule has 0 radical (unpaired) electrons. The van der Waals surface area contributed by atoms with Crippen LogP contribution in [0.1, 0.15) is 42.0 Å². The van der Waals surface area contributed by atoms with Crippen molar-refractivity contribution in [3.05, 3.63) is 57.5 Å². The fraction of sp³-hybridized carbons (Fsp3) is 0.455. The zero-order valence-corrected chi connectivity index (χ0v) is 16.8. The molecule has 1 aromatic carbocycles. The second kappa shape index (κ2) is 8.99. The largest absolute Gasteiger partial charge is 0.378 e. The Labute approximate surface area is 165 Å². The summed E-state index contributed by atoms with van der Waals surface area (Å²) in [6, 6.07) is 11.5. The molecule has 1 atom stereocenters. The van der Waals surface area contributed by atoms with Gasteiger partial charge in [-0.25, -0.2) is 4.39 Å². The van der Waals surface area contributed by atoms with Crippen molar-refractivity contribution in [1.29, 1.82) is 0 Å². The molecule has 1 aliphatic heterocycles. The molecule has 1 saturated heterocycles. The highest BCUT2D eigenvalue weighted by atomic mass is 32.1. The van der Waals surface area contributed by atoms with Crippen molar-refractivity contribution in [3.63, 3.8) is 0 Å². The van der Waals surface area contributed by atoms with Crippen molar-refractivity contribution in [2.75, 3.05) is 13.1 Å². The van der Waals surface area contributed by atoms with Crippen LogP contribution in [0.25, 0.3) is 0 Å². The van der Waals surface area contributed by atoms with Crippen molar-refractivity contribution in [2.45, 2.75) is 51.4 Å². The fourth-order valence-electron chi connectivity index (χ4n) is 3.23. The van der Waals surface area contributed by atoms with Crippen molar-refractivity contribution in [2.24, 2.45) is 0 Å². The van der Waals surface area contributed by atoms with Crippen LogP contribution in [0.15, 0.2) is 36.4 Å². The van der Waals surface area contributed by atoms with Gasteiger partial charge in [0.25, 0.3) is 0 Å². The predicted molar refractivity (Wildman–Crippen MR) is 109 cm³/mol. The molecule has 0 bridgehead atoms. The zero-order chi connectivity index (χ0) is 19.3. The number of hydrogen-bond donors (Lipinski definition) is 2. The highest BCUT2D eigenvalue weighted by Crippen LogP contribution is 2.19. The van der Waals surface area contributed by atoms with Gasteiger partial charge in [-0.3, -0.25) is 4.90 Å². The maximum Gasteiger partial charge on any atom is 0.127 e. The summed E-state index contributed by atoms with van der Waals surface area (Å²) >= 11 is 1.66. The van der Waals surface area contributed by atoms with Gasteiger partial charge in [-0.05, 0) is 51.4 Å². The van der Waals surface area contributed by atoms with Crippen molar-refractivity contribution >= 4 is 11.3 Å². The molecule has 1 aliphatic rings. The Balaban J connectivity index is 1.50.